The average Bonchev–Trinajstić information content (AvgIpc) is 2.44. The number of Topliss-reactive ketones (excluding diaryl/α,β-unsaturated/α-hetero) is 1. The van der Waals surface area contributed by atoms with E-state index in [9.17, 15) is 15.0 Å². The van der Waals surface area contributed by atoms with Gasteiger partial charge in [-0.25, -0.2) is 0 Å². The molecule has 2 aromatic rings. The van der Waals surface area contributed by atoms with Gasteiger partial charge in [0.25, 0.3) is 0 Å². The van der Waals surface area contributed by atoms with Crippen molar-refractivity contribution in [1.82, 2.24) is 0 Å². The Balaban J connectivity index is 2.24. The predicted octanol–water partition coefficient (Wildman–Crippen LogP) is 3.31. The Morgan fingerprint density at radius 2 is 1.71 bits per heavy atom. The molecule has 0 saturated heterocycles. The first kappa shape index (κ1) is 14.9. The monoisotopic (exact) mass is 286 g/mol. The number of phenolic OH excluding ortho intramolecular Hbond substituents is 2. The first-order chi connectivity index (χ1) is 9.99. The quantitative estimate of drug-likeness (QED) is 0.653. The lowest BCUT2D eigenvalue weighted by Gasteiger charge is -2.13. The zero-order valence-corrected chi connectivity index (χ0v) is 12.0. The van der Waals surface area contributed by atoms with Crippen LogP contribution in [0.25, 0.3) is 0 Å². The first-order valence-electron chi connectivity index (χ1n) is 6.77. The van der Waals surface area contributed by atoms with Crippen molar-refractivity contribution in [1.29, 1.82) is 0 Å². The summed E-state index contributed by atoms with van der Waals surface area (Å²) in [5.41, 5.74) is 0.941. The maximum absolute atomic E-state index is 12.2. The molecule has 0 amide bonds. The summed E-state index contributed by atoms with van der Waals surface area (Å²) in [5.74, 6) is -0.930. The minimum absolute atomic E-state index is 0.0902. The van der Waals surface area contributed by atoms with Gasteiger partial charge in [-0.15, -0.1) is 0 Å². The molecule has 110 valence electrons. The Morgan fingerprint density at radius 3 is 2.33 bits per heavy atom. The fraction of sp³-hybridized carbons (Fsp3) is 0.235. The number of rotatable bonds is 5. The van der Waals surface area contributed by atoms with Crippen LogP contribution in [0.3, 0.4) is 0 Å². The third kappa shape index (κ3) is 3.54. The molecule has 0 fully saturated rings. The van der Waals surface area contributed by atoms with Crippen molar-refractivity contribution < 1.29 is 19.7 Å². The molecule has 0 spiro atoms. The zero-order chi connectivity index (χ0) is 15.4. The normalized spacial score (nSPS) is 10.6. The number of benzene rings is 2. The van der Waals surface area contributed by atoms with E-state index in [-0.39, 0.29) is 29.6 Å². The minimum Gasteiger partial charge on any atom is -0.504 e. The number of aromatic hydroxyl groups is 2. The smallest absolute Gasteiger partial charge is 0.201 e. The highest BCUT2D eigenvalue weighted by atomic mass is 16.5. The number of ketones is 1. The van der Waals surface area contributed by atoms with Crippen LogP contribution < -0.4 is 4.74 Å². The van der Waals surface area contributed by atoms with Gasteiger partial charge in [-0.2, -0.15) is 0 Å². The van der Waals surface area contributed by atoms with E-state index in [1.807, 2.05) is 44.2 Å². The van der Waals surface area contributed by atoms with Gasteiger partial charge in [0.05, 0.1) is 11.7 Å². The molecule has 0 atom stereocenters. The van der Waals surface area contributed by atoms with Crippen LogP contribution in [0.5, 0.6) is 17.2 Å². The highest BCUT2D eigenvalue weighted by molar-refractivity contribution is 6.00. The number of carbonyl (C=O) groups excluding carboxylic acids is 1. The number of ether oxygens (including phenoxy) is 1. The topological polar surface area (TPSA) is 66.8 Å². The molecule has 2 aromatic carbocycles. The molecule has 0 aliphatic carbocycles. The largest absolute Gasteiger partial charge is 0.504 e. The van der Waals surface area contributed by atoms with E-state index >= 15 is 0 Å². The molecule has 2 rings (SSSR count). The lowest BCUT2D eigenvalue weighted by atomic mass is 10.0. The zero-order valence-electron chi connectivity index (χ0n) is 12.0. The number of carbonyl (C=O) groups is 1. The van der Waals surface area contributed by atoms with Crippen molar-refractivity contribution in [2.75, 3.05) is 0 Å². The van der Waals surface area contributed by atoms with E-state index in [4.69, 9.17) is 4.74 Å². The lowest BCUT2D eigenvalue weighted by molar-refractivity contribution is 0.0989. The van der Waals surface area contributed by atoms with E-state index in [0.717, 1.165) is 5.56 Å². The summed E-state index contributed by atoms with van der Waals surface area (Å²) in [7, 11) is 0. The first-order valence-corrected chi connectivity index (χ1v) is 6.77. The van der Waals surface area contributed by atoms with Crippen molar-refractivity contribution in [2.24, 2.45) is 0 Å². The van der Waals surface area contributed by atoms with Crippen LogP contribution in [0.4, 0.5) is 0 Å². The van der Waals surface area contributed by atoms with Gasteiger partial charge >= 0.3 is 0 Å². The molecule has 0 unspecified atom stereocenters. The highest BCUT2D eigenvalue weighted by Crippen LogP contribution is 2.38. The van der Waals surface area contributed by atoms with E-state index in [1.165, 1.54) is 12.1 Å². The Labute approximate surface area is 123 Å². The van der Waals surface area contributed by atoms with Gasteiger partial charge in [-0.1, -0.05) is 30.3 Å². The molecule has 0 bridgehead atoms. The van der Waals surface area contributed by atoms with E-state index in [2.05, 4.69) is 0 Å². The molecule has 0 aliphatic heterocycles. The minimum atomic E-state index is -0.436. The number of hydrogen-bond donors (Lipinski definition) is 2. The second-order valence-electron chi connectivity index (χ2n) is 5.06. The fourth-order valence-electron chi connectivity index (χ4n) is 2.01. The Hall–Kier alpha value is -2.49. The Morgan fingerprint density at radius 1 is 1.05 bits per heavy atom. The summed E-state index contributed by atoms with van der Waals surface area (Å²) in [6.45, 7) is 3.62. The van der Waals surface area contributed by atoms with Crippen LogP contribution in [-0.4, -0.2) is 22.1 Å². The number of hydrogen-bond acceptors (Lipinski definition) is 4. The molecule has 4 nitrogen and oxygen atoms in total. The summed E-state index contributed by atoms with van der Waals surface area (Å²) < 4.78 is 5.36. The van der Waals surface area contributed by atoms with Crippen molar-refractivity contribution >= 4 is 5.78 Å². The van der Waals surface area contributed by atoms with Crippen molar-refractivity contribution in [3.63, 3.8) is 0 Å². The molecular weight excluding hydrogens is 268 g/mol. The average molecular weight is 286 g/mol. The summed E-state index contributed by atoms with van der Waals surface area (Å²) in [6.07, 6.45) is 0.0271. The molecule has 21 heavy (non-hydrogen) atoms. The molecule has 0 aromatic heterocycles. The molecule has 0 radical (unpaired) electrons. The fourth-order valence-corrected chi connectivity index (χ4v) is 2.01. The SMILES string of the molecule is CC(C)Oc1ccc(C(=O)Cc2ccccc2)c(O)c1O. The van der Waals surface area contributed by atoms with Gasteiger partial charge in [-0.05, 0) is 31.5 Å². The van der Waals surface area contributed by atoms with Crippen molar-refractivity contribution in [3.05, 3.63) is 53.6 Å². The van der Waals surface area contributed by atoms with E-state index in [1.54, 1.807) is 0 Å². The maximum Gasteiger partial charge on any atom is 0.201 e. The highest BCUT2D eigenvalue weighted by Gasteiger charge is 2.18. The van der Waals surface area contributed by atoms with E-state index in [0.29, 0.717) is 0 Å². The maximum atomic E-state index is 12.2. The van der Waals surface area contributed by atoms with Crippen LogP contribution in [-0.2, 0) is 6.42 Å². The van der Waals surface area contributed by atoms with Crippen LogP contribution in [0.1, 0.15) is 29.8 Å². The van der Waals surface area contributed by atoms with Crippen LogP contribution in [0.2, 0.25) is 0 Å². The van der Waals surface area contributed by atoms with Crippen LogP contribution in [0.15, 0.2) is 42.5 Å². The lowest BCUT2D eigenvalue weighted by Crippen LogP contribution is -2.07. The molecular formula is C17H18O4. The summed E-state index contributed by atoms with van der Waals surface area (Å²) in [5, 5.41) is 19.9. The second-order valence-corrected chi connectivity index (χ2v) is 5.06. The predicted molar refractivity (Wildman–Crippen MR) is 80.0 cm³/mol. The van der Waals surface area contributed by atoms with Gasteiger partial charge in [0.2, 0.25) is 5.75 Å². The second kappa shape index (κ2) is 6.31. The third-order valence-electron chi connectivity index (χ3n) is 2.98. The van der Waals surface area contributed by atoms with E-state index < -0.39 is 11.5 Å². The molecule has 0 heterocycles. The number of phenols is 2. The Bertz CT molecular complexity index is 633. The summed E-state index contributed by atoms with van der Waals surface area (Å²) >= 11 is 0. The van der Waals surface area contributed by atoms with Gasteiger partial charge < -0.3 is 14.9 Å². The standard InChI is InChI=1S/C17H18O4/c1-11(2)21-15-9-8-13(16(19)17(15)20)14(18)10-12-6-4-3-5-7-12/h3-9,11,19-20H,10H2,1-2H3. The van der Waals surface area contributed by atoms with Gasteiger partial charge in [0.1, 0.15) is 0 Å². The van der Waals surface area contributed by atoms with Gasteiger partial charge in [0, 0.05) is 6.42 Å². The van der Waals surface area contributed by atoms with Crippen molar-refractivity contribution in [2.45, 2.75) is 26.4 Å². The molecule has 0 saturated carbocycles. The Kier molecular flexibility index (Phi) is 4.48. The summed E-state index contributed by atoms with van der Waals surface area (Å²) in [6, 6.07) is 12.2. The summed E-state index contributed by atoms with van der Waals surface area (Å²) in [4.78, 5) is 12.2. The van der Waals surface area contributed by atoms with Crippen molar-refractivity contribution in [3.8, 4) is 17.2 Å². The van der Waals surface area contributed by atoms with Gasteiger partial charge in [-0.3, -0.25) is 4.79 Å². The van der Waals surface area contributed by atoms with Gasteiger partial charge in [0.15, 0.2) is 17.3 Å². The molecule has 4 heteroatoms. The van der Waals surface area contributed by atoms with Crippen LogP contribution in [0, 0.1) is 0 Å². The molecule has 2 N–H and O–H groups in total. The third-order valence-corrected chi connectivity index (χ3v) is 2.98. The molecule has 0 aliphatic rings. The van der Waals surface area contributed by atoms with Crippen LogP contribution >= 0.6 is 0 Å².